The van der Waals surface area contributed by atoms with Gasteiger partial charge in [-0.3, -0.25) is 0 Å². The number of hydrazine groups is 1. The van der Waals surface area contributed by atoms with E-state index in [0.29, 0.717) is 5.92 Å². The molecule has 1 aromatic rings. The van der Waals surface area contributed by atoms with E-state index in [4.69, 9.17) is 5.84 Å². The minimum atomic E-state index is 0.529. The summed E-state index contributed by atoms with van der Waals surface area (Å²) in [4.78, 5) is 11.7. The fourth-order valence-corrected chi connectivity index (χ4v) is 2.71. The van der Waals surface area contributed by atoms with Crippen LogP contribution in [0.5, 0.6) is 0 Å². The Labute approximate surface area is 120 Å². The molecule has 4 N–H and O–H groups in total. The molecule has 0 radical (unpaired) electrons. The maximum atomic E-state index is 5.56. The van der Waals surface area contributed by atoms with Crippen molar-refractivity contribution in [1.82, 2.24) is 14.9 Å². The highest BCUT2D eigenvalue weighted by atomic mass is 15.3. The maximum absolute atomic E-state index is 5.56. The molecule has 6 nitrogen and oxygen atoms in total. The van der Waals surface area contributed by atoms with Crippen molar-refractivity contribution in [3.8, 4) is 0 Å². The van der Waals surface area contributed by atoms with E-state index in [1.165, 1.54) is 38.8 Å². The summed E-state index contributed by atoms with van der Waals surface area (Å²) in [5, 5.41) is 3.45. The molecular weight excluding hydrogens is 252 g/mol. The van der Waals surface area contributed by atoms with Gasteiger partial charge in [0.2, 0.25) is 0 Å². The number of hydrogen-bond donors (Lipinski definition) is 3. The number of rotatable bonds is 6. The zero-order chi connectivity index (χ0) is 13.9. The summed E-state index contributed by atoms with van der Waals surface area (Å²) in [5.41, 5.74) is 3.69. The predicted octanol–water partition coefficient (Wildman–Crippen LogP) is 1.46. The fraction of sp³-hybridized carbons (Fsp3) is 0.714. The smallest absolute Gasteiger partial charge is 0.148 e. The minimum Gasteiger partial charge on any atom is -0.368 e. The van der Waals surface area contributed by atoms with Gasteiger partial charge in [0, 0.05) is 24.6 Å². The Kier molecular flexibility index (Phi) is 4.03. The largest absolute Gasteiger partial charge is 0.368 e. The predicted molar refractivity (Wildman–Crippen MR) is 80.7 cm³/mol. The lowest BCUT2D eigenvalue weighted by Crippen LogP contribution is -2.26. The molecule has 0 amide bonds. The summed E-state index contributed by atoms with van der Waals surface area (Å²) in [6, 6.07) is 0. The van der Waals surface area contributed by atoms with E-state index in [1.54, 1.807) is 0 Å². The van der Waals surface area contributed by atoms with Crippen LogP contribution in [0.25, 0.3) is 0 Å². The first-order chi connectivity index (χ1) is 9.78. The third kappa shape index (κ3) is 3.02. The molecule has 0 atom stereocenters. The summed E-state index contributed by atoms with van der Waals surface area (Å²) >= 11 is 0. The number of hydrogen-bond acceptors (Lipinski definition) is 6. The third-order valence-corrected chi connectivity index (χ3v) is 4.16. The van der Waals surface area contributed by atoms with Crippen molar-refractivity contribution in [3.05, 3.63) is 11.4 Å². The van der Waals surface area contributed by atoms with E-state index in [0.717, 1.165) is 36.1 Å². The summed E-state index contributed by atoms with van der Waals surface area (Å²) in [7, 11) is 0. The highest BCUT2D eigenvalue weighted by molar-refractivity contribution is 5.57. The lowest BCUT2D eigenvalue weighted by Gasteiger charge is -2.17. The molecular formula is C14H24N6. The van der Waals surface area contributed by atoms with Gasteiger partial charge < -0.3 is 15.6 Å². The number of aromatic nitrogens is 2. The lowest BCUT2D eigenvalue weighted by atomic mass is 10.3. The summed E-state index contributed by atoms with van der Waals surface area (Å²) < 4.78 is 0. The van der Waals surface area contributed by atoms with Crippen molar-refractivity contribution < 1.29 is 0 Å². The topological polar surface area (TPSA) is 79.1 Å². The van der Waals surface area contributed by atoms with Crippen molar-refractivity contribution in [2.75, 3.05) is 36.9 Å². The summed E-state index contributed by atoms with van der Waals surface area (Å²) in [6.07, 6.45) is 5.06. The number of nitrogens with two attached hydrogens (primary N) is 1. The first kappa shape index (κ1) is 13.6. The average molecular weight is 276 g/mol. The number of nitrogens with zero attached hydrogens (tertiary/aromatic N) is 3. The van der Waals surface area contributed by atoms with Gasteiger partial charge in [-0.25, -0.2) is 15.8 Å². The van der Waals surface area contributed by atoms with Crippen LogP contribution in [0, 0.1) is 6.92 Å². The summed E-state index contributed by atoms with van der Waals surface area (Å²) in [6.45, 7) is 6.46. The second kappa shape index (κ2) is 5.93. The molecule has 1 saturated heterocycles. The Morgan fingerprint density at radius 2 is 1.90 bits per heavy atom. The zero-order valence-corrected chi connectivity index (χ0v) is 12.2. The molecule has 0 aromatic carbocycles. The molecule has 0 unspecified atom stereocenters. The van der Waals surface area contributed by atoms with Gasteiger partial charge in [0.1, 0.15) is 17.5 Å². The minimum absolute atomic E-state index is 0.529. The normalized spacial score (nSPS) is 19.3. The van der Waals surface area contributed by atoms with Crippen LogP contribution in [0.15, 0.2) is 0 Å². The van der Waals surface area contributed by atoms with Crippen LogP contribution in [0.4, 0.5) is 11.6 Å². The third-order valence-electron chi connectivity index (χ3n) is 4.16. The SMILES string of the molecule is Cc1c(NN)nc(C2CC2)nc1NCCN1CCCC1. The van der Waals surface area contributed by atoms with Crippen LogP contribution in [-0.2, 0) is 0 Å². The van der Waals surface area contributed by atoms with E-state index in [-0.39, 0.29) is 0 Å². The number of nitrogen functional groups attached to an aromatic ring is 1. The highest BCUT2D eigenvalue weighted by Gasteiger charge is 2.28. The second-order valence-corrected chi connectivity index (χ2v) is 5.80. The number of likely N-dealkylation sites (tertiary alicyclic amines) is 1. The van der Waals surface area contributed by atoms with Gasteiger partial charge in [-0.15, -0.1) is 0 Å². The van der Waals surface area contributed by atoms with Crippen molar-refractivity contribution in [3.63, 3.8) is 0 Å². The van der Waals surface area contributed by atoms with Gasteiger partial charge in [0.05, 0.1) is 0 Å². The highest BCUT2D eigenvalue weighted by Crippen LogP contribution is 2.39. The first-order valence-corrected chi connectivity index (χ1v) is 7.59. The quantitative estimate of drug-likeness (QED) is 0.539. The molecule has 2 aliphatic rings. The van der Waals surface area contributed by atoms with Crippen LogP contribution < -0.4 is 16.6 Å². The Balaban J connectivity index is 1.65. The Hall–Kier alpha value is -1.40. The molecule has 6 heteroatoms. The van der Waals surface area contributed by atoms with E-state index in [2.05, 4.69) is 25.6 Å². The molecule has 1 aliphatic carbocycles. The molecule has 1 saturated carbocycles. The van der Waals surface area contributed by atoms with Crippen LogP contribution in [0.2, 0.25) is 0 Å². The Morgan fingerprint density at radius 1 is 1.20 bits per heavy atom. The van der Waals surface area contributed by atoms with Gasteiger partial charge in [-0.1, -0.05) is 0 Å². The standard InChI is InChI=1S/C14H24N6/c1-10-12(16-6-9-20-7-2-3-8-20)17-14(11-4-5-11)18-13(10)19-15/h11H,2-9,15H2,1H3,(H2,16,17,18,19). The monoisotopic (exact) mass is 276 g/mol. The van der Waals surface area contributed by atoms with Crippen molar-refractivity contribution >= 4 is 11.6 Å². The first-order valence-electron chi connectivity index (χ1n) is 7.59. The van der Waals surface area contributed by atoms with Crippen molar-refractivity contribution in [2.45, 2.75) is 38.5 Å². The molecule has 20 heavy (non-hydrogen) atoms. The van der Waals surface area contributed by atoms with E-state index in [1.807, 2.05) is 6.92 Å². The maximum Gasteiger partial charge on any atom is 0.148 e. The fourth-order valence-electron chi connectivity index (χ4n) is 2.71. The van der Waals surface area contributed by atoms with Crippen LogP contribution in [0.3, 0.4) is 0 Å². The Morgan fingerprint density at radius 3 is 2.55 bits per heavy atom. The van der Waals surface area contributed by atoms with Gasteiger partial charge in [-0.2, -0.15) is 0 Å². The lowest BCUT2D eigenvalue weighted by molar-refractivity contribution is 0.352. The van der Waals surface area contributed by atoms with Gasteiger partial charge in [0.25, 0.3) is 0 Å². The van der Waals surface area contributed by atoms with E-state index in [9.17, 15) is 0 Å². The van der Waals surface area contributed by atoms with Crippen LogP contribution >= 0.6 is 0 Å². The molecule has 0 spiro atoms. The van der Waals surface area contributed by atoms with Gasteiger partial charge in [0.15, 0.2) is 0 Å². The number of nitrogens with one attached hydrogen (secondary N) is 2. The summed E-state index contributed by atoms with van der Waals surface area (Å²) in [5.74, 6) is 8.68. The second-order valence-electron chi connectivity index (χ2n) is 5.80. The van der Waals surface area contributed by atoms with Crippen molar-refractivity contribution in [1.29, 1.82) is 0 Å². The zero-order valence-electron chi connectivity index (χ0n) is 12.2. The molecule has 2 fully saturated rings. The van der Waals surface area contributed by atoms with Gasteiger partial charge in [-0.05, 0) is 45.7 Å². The van der Waals surface area contributed by atoms with Crippen LogP contribution in [0.1, 0.15) is 43.0 Å². The Bertz CT molecular complexity index is 465. The van der Waals surface area contributed by atoms with E-state index < -0.39 is 0 Å². The molecule has 1 aromatic heterocycles. The average Bonchev–Trinajstić information content (AvgIpc) is 3.18. The van der Waals surface area contributed by atoms with Crippen molar-refractivity contribution in [2.24, 2.45) is 5.84 Å². The number of anilines is 2. The van der Waals surface area contributed by atoms with Gasteiger partial charge >= 0.3 is 0 Å². The molecule has 110 valence electrons. The molecule has 0 bridgehead atoms. The van der Waals surface area contributed by atoms with E-state index >= 15 is 0 Å². The van der Waals surface area contributed by atoms with Crippen LogP contribution in [-0.4, -0.2) is 41.0 Å². The molecule has 2 heterocycles. The molecule has 3 rings (SSSR count). The molecule has 1 aliphatic heterocycles.